The van der Waals surface area contributed by atoms with Crippen LogP contribution in [0.2, 0.25) is 0 Å². The second-order valence-electron chi connectivity index (χ2n) is 9.82. The van der Waals surface area contributed by atoms with Gasteiger partial charge in [0.1, 0.15) is 0 Å². The molecule has 1 N–H and O–H groups in total. The number of carbonyl (C=O) groups is 1. The molecule has 1 aromatic heterocycles. The molecule has 3 aliphatic rings. The van der Waals surface area contributed by atoms with Crippen molar-refractivity contribution in [2.75, 3.05) is 26.7 Å². The smallest absolute Gasteiger partial charge is 0.225 e. The van der Waals surface area contributed by atoms with Crippen LogP contribution in [0.25, 0.3) is 5.70 Å². The molecule has 1 fully saturated rings. The largest absolute Gasteiger partial charge is 0.353 e. The molecule has 0 radical (unpaired) electrons. The Hall–Kier alpha value is -3.00. The van der Waals surface area contributed by atoms with Gasteiger partial charge in [0.2, 0.25) is 5.91 Å². The van der Waals surface area contributed by atoms with E-state index in [9.17, 15) is 4.79 Å². The lowest BCUT2D eigenvalue weighted by Gasteiger charge is -2.33. The molecule has 0 spiro atoms. The molecular formula is C27H34N6OS. The lowest BCUT2D eigenvalue weighted by Crippen LogP contribution is -2.43. The van der Waals surface area contributed by atoms with Crippen LogP contribution in [0.4, 0.5) is 0 Å². The summed E-state index contributed by atoms with van der Waals surface area (Å²) in [7, 11) is 1.92. The zero-order valence-electron chi connectivity index (χ0n) is 20.7. The van der Waals surface area contributed by atoms with Gasteiger partial charge >= 0.3 is 0 Å². The van der Waals surface area contributed by atoms with Gasteiger partial charge in [0.25, 0.3) is 0 Å². The molecule has 184 valence electrons. The molecule has 0 saturated carbocycles. The van der Waals surface area contributed by atoms with Crippen molar-refractivity contribution in [2.24, 2.45) is 11.0 Å². The summed E-state index contributed by atoms with van der Waals surface area (Å²) in [6, 6.07) is 12.8. The molecule has 4 heterocycles. The van der Waals surface area contributed by atoms with Crippen LogP contribution >= 0.6 is 11.8 Å². The summed E-state index contributed by atoms with van der Waals surface area (Å²) in [5, 5.41) is 11.5. The zero-order chi connectivity index (χ0) is 24.4. The zero-order valence-corrected chi connectivity index (χ0v) is 21.5. The fourth-order valence-corrected chi connectivity index (χ4v) is 5.83. The second-order valence-corrected chi connectivity index (χ2v) is 10.9. The maximum Gasteiger partial charge on any atom is 0.225 e. The SMILES string of the molecule is CC(C)c1ccc(C2=CN3N=C(N4CCC(C(=O)N(C)CCc5ccncc5)CC4)SC3N2)cc1. The Kier molecular flexibility index (Phi) is 7.00. The van der Waals surface area contributed by atoms with E-state index in [1.54, 1.807) is 24.2 Å². The van der Waals surface area contributed by atoms with Crippen LogP contribution in [0.3, 0.4) is 0 Å². The average Bonchev–Trinajstić information content (AvgIpc) is 3.47. The molecule has 5 rings (SSSR count). The Balaban J connectivity index is 1.12. The lowest BCUT2D eigenvalue weighted by atomic mass is 9.95. The van der Waals surface area contributed by atoms with Gasteiger partial charge in [-0.1, -0.05) is 38.1 Å². The lowest BCUT2D eigenvalue weighted by molar-refractivity contribution is -0.135. The van der Waals surface area contributed by atoms with Crippen molar-refractivity contribution >= 4 is 28.5 Å². The number of likely N-dealkylation sites (tertiary alicyclic amines) is 1. The number of fused-ring (bicyclic) bond motifs is 1. The molecule has 0 aliphatic carbocycles. The number of aromatic nitrogens is 1. The minimum Gasteiger partial charge on any atom is -0.353 e. The fourth-order valence-electron chi connectivity index (χ4n) is 4.75. The van der Waals surface area contributed by atoms with Crippen molar-refractivity contribution in [3.8, 4) is 0 Å². The number of nitrogens with one attached hydrogen (secondary N) is 1. The molecule has 2 aromatic rings. The van der Waals surface area contributed by atoms with E-state index in [1.807, 2.05) is 29.1 Å². The highest BCUT2D eigenvalue weighted by molar-refractivity contribution is 8.14. The third kappa shape index (κ3) is 5.32. The molecule has 8 heteroatoms. The van der Waals surface area contributed by atoms with E-state index < -0.39 is 0 Å². The third-order valence-corrected chi connectivity index (χ3v) is 8.17. The fraction of sp³-hybridized carbons (Fsp3) is 0.444. The molecule has 1 aromatic carbocycles. The first-order valence-corrected chi connectivity index (χ1v) is 13.4. The highest BCUT2D eigenvalue weighted by Crippen LogP contribution is 2.35. The summed E-state index contributed by atoms with van der Waals surface area (Å²) in [6.45, 7) is 6.91. The summed E-state index contributed by atoms with van der Waals surface area (Å²) >= 11 is 1.75. The number of hydrazone groups is 1. The molecule has 1 atom stereocenters. The van der Waals surface area contributed by atoms with Crippen molar-refractivity contribution in [2.45, 2.75) is 44.5 Å². The molecule has 7 nitrogen and oxygen atoms in total. The molecular weight excluding hydrogens is 456 g/mol. The van der Waals surface area contributed by atoms with Crippen molar-refractivity contribution < 1.29 is 4.79 Å². The monoisotopic (exact) mass is 490 g/mol. The normalized spacial score (nSPS) is 19.9. The van der Waals surface area contributed by atoms with E-state index in [2.05, 4.69) is 59.5 Å². The maximum atomic E-state index is 13.0. The number of amidine groups is 1. The van der Waals surface area contributed by atoms with Crippen molar-refractivity contribution in [3.05, 3.63) is 71.7 Å². The van der Waals surface area contributed by atoms with Gasteiger partial charge in [-0.05, 0) is 65.8 Å². The maximum absolute atomic E-state index is 13.0. The molecule has 1 unspecified atom stereocenters. The minimum absolute atomic E-state index is 0.0962. The Labute approximate surface area is 212 Å². The van der Waals surface area contributed by atoms with Crippen LogP contribution in [0, 0.1) is 5.92 Å². The van der Waals surface area contributed by atoms with E-state index >= 15 is 0 Å². The van der Waals surface area contributed by atoms with Crippen LogP contribution in [0.5, 0.6) is 0 Å². The Morgan fingerprint density at radius 2 is 1.86 bits per heavy atom. The summed E-state index contributed by atoms with van der Waals surface area (Å²) in [5.74, 6) is 0.893. The van der Waals surface area contributed by atoms with E-state index in [0.717, 1.165) is 49.8 Å². The number of carbonyl (C=O) groups excluding carboxylic acids is 1. The number of piperidine rings is 1. The standard InChI is InChI=1S/C27H34N6OS/c1-19(2)21-4-6-22(7-5-21)24-18-33-26(29-24)35-27(30-33)32-16-11-23(12-17-32)25(34)31(3)15-10-20-8-13-28-14-9-20/h4-9,13-14,18-19,23,26,29H,10-12,15-17H2,1-3H3. The predicted octanol–water partition coefficient (Wildman–Crippen LogP) is 4.12. The number of thioether (sulfide) groups is 1. The first-order valence-electron chi connectivity index (χ1n) is 12.5. The van der Waals surface area contributed by atoms with Crippen molar-refractivity contribution in [3.63, 3.8) is 0 Å². The summed E-state index contributed by atoms with van der Waals surface area (Å²) in [4.78, 5) is 21.2. The minimum atomic E-state index is 0.0962. The van der Waals surface area contributed by atoms with Gasteiger partial charge in [0.15, 0.2) is 10.7 Å². The number of hydrogen-bond donors (Lipinski definition) is 1. The molecule has 35 heavy (non-hydrogen) atoms. The molecule has 0 bridgehead atoms. The number of likely N-dealkylation sites (N-methyl/N-ethyl adjacent to an activating group) is 1. The van der Waals surface area contributed by atoms with Crippen molar-refractivity contribution in [1.29, 1.82) is 0 Å². The van der Waals surface area contributed by atoms with Crippen molar-refractivity contribution in [1.82, 2.24) is 25.1 Å². The van der Waals surface area contributed by atoms with Gasteiger partial charge in [0.05, 0.1) is 11.9 Å². The number of benzene rings is 1. The van der Waals surface area contributed by atoms with E-state index in [1.165, 1.54) is 16.7 Å². The van der Waals surface area contributed by atoms with Gasteiger partial charge < -0.3 is 15.1 Å². The van der Waals surface area contributed by atoms with Crippen LogP contribution in [-0.4, -0.2) is 63.0 Å². The predicted molar refractivity (Wildman–Crippen MR) is 142 cm³/mol. The van der Waals surface area contributed by atoms with Gasteiger partial charge in [-0.15, -0.1) is 5.10 Å². The Morgan fingerprint density at radius 1 is 1.14 bits per heavy atom. The molecule has 3 aliphatic heterocycles. The van der Waals surface area contributed by atoms with E-state index in [0.29, 0.717) is 5.92 Å². The van der Waals surface area contributed by atoms with Crippen LogP contribution in [0.15, 0.2) is 60.1 Å². The number of amides is 1. The topological polar surface area (TPSA) is 64.1 Å². The highest BCUT2D eigenvalue weighted by Gasteiger charge is 2.36. The van der Waals surface area contributed by atoms with Gasteiger partial charge in [-0.25, -0.2) is 5.01 Å². The average molecular weight is 491 g/mol. The first-order chi connectivity index (χ1) is 17.0. The quantitative estimate of drug-likeness (QED) is 0.657. The number of pyridine rings is 1. The Morgan fingerprint density at radius 3 is 2.51 bits per heavy atom. The summed E-state index contributed by atoms with van der Waals surface area (Å²) in [6.07, 6.45) is 8.32. The van der Waals surface area contributed by atoms with E-state index in [-0.39, 0.29) is 17.3 Å². The summed E-state index contributed by atoms with van der Waals surface area (Å²) < 4.78 is 0. The Bertz CT molecular complexity index is 1090. The highest BCUT2D eigenvalue weighted by atomic mass is 32.2. The number of nitrogens with zero attached hydrogens (tertiary/aromatic N) is 5. The number of hydrogen-bond acceptors (Lipinski definition) is 7. The third-order valence-electron chi connectivity index (χ3n) is 7.06. The van der Waals surface area contributed by atoms with E-state index in [4.69, 9.17) is 5.10 Å². The van der Waals surface area contributed by atoms with Crippen LogP contribution in [-0.2, 0) is 11.2 Å². The van der Waals surface area contributed by atoms with Gasteiger partial charge in [-0.2, -0.15) is 0 Å². The summed E-state index contributed by atoms with van der Waals surface area (Å²) in [5.41, 5.74) is 4.96. The van der Waals surface area contributed by atoms with Gasteiger partial charge in [0, 0.05) is 45.0 Å². The first kappa shape index (κ1) is 23.7. The molecule has 1 amide bonds. The van der Waals surface area contributed by atoms with Crippen LogP contribution in [0.1, 0.15) is 49.3 Å². The second kappa shape index (κ2) is 10.3. The number of rotatable bonds is 6. The van der Waals surface area contributed by atoms with Gasteiger partial charge in [-0.3, -0.25) is 9.78 Å². The molecule has 1 saturated heterocycles. The van der Waals surface area contributed by atoms with Crippen LogP contribution < -0.4 is 5.32 Å².